The van der Waals surface area contributed by atoms with Crippen LogP contribution in [0.25, 0.3) is 0 Å². The zero-order chi connectivity index (χ0) is 22.2. The fourth-order valence-electron chi connectivity index (χ4n) is 5.63. The van der Waals surface area contributed by atoms with E-state index in [0.717, 1.165) is 29.3 Å². The first-order valence-electron chi connectivity index (χ1n) is 12.7. The second-order valence-electron chi connectivity index (χ2n) is 9.88. The van der Waals surface area contributed by atoms with Crippen molar-refractivity contribution in [2.24, 2.45) is 17.8 Å². The zero-order valence-electron chi connectivity index (χ0n) is 19.9. The molecule has 2 saturated carbocycles. The van der Waals surface area contributed by atoms with Crippen molar-refractivity contribution >= 4 is 0 Å². The molecule has 4 unspecified atom stereocenters. The Kier molecular flexibility index (Phi) is 8.50. The van der Waals surface area contributed by atoms with Gasteiger partial charge in [0, 0.05) is 0 Å². The van der Waals surface area contributed by atoms with Gasteiger partial charge in [0.15, 0.2) is 6.29 Å². The largest absolute Gasteiger partial charge is 0.491 e. The molecule has 2 aliphatic rings. The van der Waals surface area contributed by atoms with Crippen molar-refractivity contribution in [3.8, 4) is 11.5 Å². The van der Waals surface area contributed by atoms with Gasteiger partial charge in [-0.05, 0) is 93.5 Å². The van der Waals surface area contributed by atoms with Gasteiger partial charge >= 0.3 is 0 Å². The van der Waals surface area contributed by atoms with E-state index in [9.17, 15) is 0 Å². The summed E-state index contributed by atoms with van der Waals surface area (Å²) in [4.78, 5) is 0. The highest BCUT2D eigenvalue weighted by molar-refractivity contribution is 5.27. The lowest BCUT2D eigenvalue weighted by Crippen LogP contribution is -2.28. The van der Waals surface area contributed by atoms with E-state index in [2.05, 4.69) is 31.2 Å². The van der Waals surface area contributed by atoms with Crippen LogP contribution in [0.1, 0.15) is 69.4 Å². The van der Waals surface area contributed by atoms with Crippen molar-refractivity contribution in [2.45, 2.75) is 77.9 Å². The van der Waals surface area contributed by atoms with E-state index < -0.39 is 0 Å². The number of ether oxygens (including phenoxy) is 3. The van der Waals surface area contributed by atoms with Crippen LogP contribution in [0.2, 0.25) is 0 Å². The van der Waals surface area contributed by atoms with Crippen molar-refractivity contribution < 1.29 is 14.2 Å². The second kappa shape index (κ2) is 11.7. The van der Waals surface area contributed by atoms with Crippen molar-refractivity contribution in [1.29, 1.82) is 0 Å². The summed E-state index contributed by atoms with van der Waals surface area (Å²) in [7, 11) is 0. The monoisotopic (exact) mass is 436 g/mol. The molecule has 32 heavy (non-hydrogen) atoms. The SMILES string of the molecule is Cc1ccc(OC(C)OCCOc2ccc(CCCC3CCC4CCCC3C4)cc2)cc1. The summed E-state index contributed by atoms with van der Waals surface area (Å²) in [6, 6.07) is 16.6. The van der Waals surface area contributed by atoms with Gasteiger partial charge in [-0.3, -0.25) is 0 Å². The highest BCUT2D eigenvalue weighted by Crippen LogP contribution is 2.44. The van der Waals surface area contributed by atoms with Crippen LogP contribution in [-0.4, -0.2) is 19.5 Å². The first-order valence-corrected chi connectivity index (χ1v) is 12.7. The second-order valence-corrected chi connectivity index (χ2v) is 9.88. The Labute approximate surface area is 194 Å². The third-order valence-corrected chi connectivity index (χ3v) is 7.43. The van der Waals surface area contributed by atoms with Crippen molar-refractivity contribution in [3.05, 3.63) is 59.7 Å². The molecule has 2 aliphatic carbocycles. The number of fused-ring (bicyclic) bond motifs is 2. The molecule has 0 heterocycles. The number of rotatable bonds is 11. The van der Waals surface area contributed by atoms with Gasteiger partial charge in [0.1, 0.15) is 18.1 Å². The molecule has 0 aromatic heterocycles. The van der Waals surface area contributed by atoms with Crippen LogP contribution in [0, 0.1) is 24.7 Å². The van der Waals surface area contributed by atoms with Crippen LogP contribution >= 0.6 is 0 Å². The van der Waals surface area contributed by atoms with Crippen molar-refractivity contribution in [2.75, 3.05) is 13.2 Å². The molecule has 174 valence electrons. The van der Waals surface area contributed by atoms with Gasteiger partial charge in [-0.1, -0.05) is 55.5 Å². The van der Waals surface area contributed by atoms with Gasteiger partial charge in [0.05, 0.1) is 6.61 Å². The molecule has 0 radical (unpaired) electrons. The Hall–Kier alpha value is -2.00. The quantitative estimate of drug-likeness (QED) is 0.272. The van der Waals surface area contributed by atoms with E-state index >= 15 is 0 Å². The number of hydrogen-bond donors (Lipinski definition) is 0. The van der Waals surface area contributed by atoms with Gasteiger partial charge in [-0.25, -0.2) is 0 Å². The maximum absolute atomic E-state index is 5.84. The fraction of sp³-hybridized carbons (Fsp3) is 0.586. The highest BCUT2D eigenvalue weighted by Gasteiger charge is 2.32. The molecule has 3 heteroatoms. The van der Waals surface area contributed by atoms with E-state index in [1.54, 1.807) is 0 Å². The Bertz CT molecular complexity index is 798. The lowest BCUT2D eigenvalue weighted by atomic mass is 9.65. The van der Waals surface area contributed by atoms with Crippen molar-refractivity contribution in [3.63, 3.8) is 0 Å². The summed E-state index contributed by atoms with van der Waals surface area (Å²) in [5.41, 5.74) is 2.64. The summed E-state index contributed by atoms with van der Waals surface area (Å²) >= 11 is 0. The number of hydrogen-bond acceptors (Lipinski definition) is 3. The van der Waals surface area contributed by atoms with Crippen LogP contribution < -0.4 is 9.47 Å². The molecule has 2 aromatic rings. The molecule has 4 atom stereocenters. The zero-order valence-corrected chi connectivity index (χ0v) is 19.9. The molecule has 2 fully saturated rings. The van der Waals surface area contributed by atoms with Crippen LogP contribution in [0.3, 0.4) is 0 Å². The van der Waals surface area contributed by atoms with Gasteiger partial charge in [-0.2, -0.15) is 0 Å². The molecule has 0 saturated heterocycles. The topological polar surface area (TPSA) is 27.7 Å². The molecular weight excluding hydrogens is 396 g/mol. The Morgan fingerprint density at radius 2 is 1.66 bits per heavy atom. The lowest BCUT2D eigenvalue weighted by Gasteiger charge is -2.40. The van der Waals surface area contributed by atoms with Crippen LogP contribution in [0.15, 0.2) is 48.5 Å². The van der Waals surface area contributed by atoms with E-state index in [1.165, 1.54) is 68.9 Å². The molecule has 3 nitrogen and oxygen atoms in total. The summed E-state index contributed by atoms with van der Waals surface area (Å²) in [6.07, 6.45) is 12.6. The Morgan fingerprint density at radius 3 is 2.47 bits per heavy atom. The highest BCUT2D eigenvalue weighted by atomic mass is 16.7. The van der Waals surface area contributed by atoms with Crippen molar-refractivity contribution in [1.82, 2.24) is 0 Å². The van der Waals surface area contributed by atoms with Gasteiger partial charge in [-0.15, -0.1) is 0 Å². The minimum Gasteiger partial charge on any atom is -0.491 e. The molecule has 0 spiro atoms. The van der Waals surface area contributed by atoms with Crippen LogP contribution in [0.4, 0.5) is 0 Å². The minimum atomic E-state index is -0.299. The summed E-state index contributed by atoms with van der Waals surface area (Å²) in [5.74, 6) is 4.82. The third-order valence-electron chi connectivity index (χ3n) is 7.43. The molecule has 0 N–H and O–H groups in total. The molecule has 2 bridgehead atoms. The molecular formula is C29H40O3. The molecule has 4 rings (SSSR count). The van der Waals surface area contributed by atoms with E-state index in [1.807, 2.05) is 31.2 Å². The lowest BCUT2D eigenvalue weighted by molar-refractivity contribution is -0.0739. The van der Waals surface area contributed by atoms with E-state index in [4.69, 9.17) is 14.2 Å². The standard InChI is InChI=1S/C29H40O3/c1-22-9-15-29(16-10-22)32-23(2)30-19-20-31-28-17-12-24(13-18-28)5-3-7-26-14-11-25-6-4-8-27(26)21-25/h9-10,12-13,15-18,23,25-27H,3-8,11,14,19-21H2,1-2H3. The van der Waals surface area contributed by atoms with E-state index in [-0.39, 0.29) is 6.29 Å². The first-order chi connectivity index (χ1) is 15.7. The number of aryl methyl sites for hydroxylation is 2. The van der Waals surface area contributed by atoms with Gasteiger partial charge < -0.3 is 14.2 Å². The molecule has 0 aliphatic heterocycles. The third kappa shape index (κ3) is 7.00. The Morgan fingerprint density at radius 1 is 0.875 bits per heavy atom. The average Bonchev–Trinajstić information content (AvgIpc) is 2.81. The Balaban J connectivity index is 1.09. The molecule has 0 amide bonds. The summed E-state index contributed by atoms with van der Waals surface area (Å²) < 4.78 is 17.3. The maximum Gasteiger partial charge on any atom is 0.197 e. The predicted octanol–water partition coefficient (Wildman–Crippen LogP) is 7.35. The smallest absolute Gasteiger partial charge is 0.197 e. The maximum atomic E-state index is 5.84. The van der Waals surface area contributed by atoms with E-state index in [0.29, 0.717) is 13.2 Å². The first kappa shape index (κ1) is 23.2. The van der Waals surface area contributed by atoms with Crippen LogP contribution in [-0.2, 0) is 11.2 Å². The summed E-state index contributed by atoms with van der Waals surface area (Å²) in [6.45, 7) is 4.99. The van der Waals surface area contributed by atoms with Gasteiger partial charge in [0.25, 0.3) is 0 Å². The number of benzene rings is 2. The normalized spacial score (nSPS) is 23.5. The average molecular weight is 437 g/mol. The van der Waals surface area contributed by atoms with Gasteiger partial charge in [0.2, 0.25) is 0 Å². The summed E-state index contributed by atoms with van der Waals surface area (Å²) in [5, 5.41) is 0. The van der Waals surface area contributed by atoms with Crippen LogP contribution in [0.5, 0.6) is 11.5 Å². The fourth-order valence-corrected chi connectivity index (χ4v) is 5.63. The minimum absolute atomic E-state index is 0.299. The molecule has 2 aromatic carbocycles. The predicted molar refractivity (Wildman–Crippen MR) is 130 cm³/mol.